The third-order valence-corrected chi connectivity index (χ3v) is 3.76. The Bertz CT molecular complexity index is 395. The van der Waals surface area contributed by atoms with Gasteiger partial charge in [0, 0.05) is 23.6 Å². The van der Waals surface area contributed by atoms with Crippen molar-refractivity contribution < 1.29 is 13.2 Å². The maximum atomic E-state index is 11.0. The van der Waals surface area contributed by atoms with E-state index in [9.17, 15) is 13.2 Å². The third-order valence-electron chi connectivity index (χ3n) is 3.11. The minimum Gasteiger partial charge on any atom is -0.369 e. The monoisotopic (exact) mass is 260 g/mol. The van der Waals surface area contributed by atoms with Gasteiger partial charge in [-0.15, -0.1) is 0 Å². The van der Waals surface area contributed by atoms with E-state index >= 15 is 0 Å². The van der Waals surface area contributed by atoms with E-state index in [4.69, 9.17) is 5.73 Å². The van der Waals surface area contributed by atoms with Gasteiger partial charge >= 0.3 is 0 Å². The first-order valence-electron chi connectivity index (χ1n) is 5.71. The Kier molecular flexibility index (Phi) is 4.70. The molecule has 1 fully saturated rings. The maximum Gasteiger partial charge on any atom is 0.220 e. The lowest BCUT2D eigenvalue weighted by Gasteiger charge is -2.33. The van der Waals surface area contributed by atoms with Crippen LogP contribution >= 0.6 is 0 Å². The molecule has 1 amide bonds. The minimum absolute atomic E-state index is 0.0302. The molecule has 1 atom stereocenters. The van der Waals surface area contributed by atoms with Crippen LogP contribution in [0.1, 0.15) is 19.8 Å². The van der Waals surface area contributed by atoms with Crippen LogP contribution in [0.15, 0.2) is 11.5 Å². The lowest BCUT2D eigenvalue weighted by atomic mass is 9.95. The van der Waals surface area contributed by atoms with Crippen LogP contribution in [0.25, 0.3) is 0 Å². The molecule has 17 heavy (non-hydrogen) atoms. The van der Waals surface area contributed by atoms with E-state index < -0.39 is 9.84 Å². The molecule has 0 unspecified atom stereocenters. The van der Waals surface area contributed by atoms with Crippen molar-refractivity contribution in [1.29, 1.82) is 0 Å². The van der Waals surface area contributed by atoms with Crippen molar-refractivity contribution >= 4 is 15.7 Å². The fourth-order valence-electron chi connectivity index (χ4n) is 1.97. The Morgan fingerprint density at radius 3 is 2.35 bits per heavy atom. The van der Waals surface area contributed by atoms with Gasteiger partial charge in [-0.1, -0.05) is 6.08 Å². The summed E-state index contributed by atoms with van der Waals surface area (Å²) < 4.78 is 22.0. The van der Waals surface area contributed by atoms with Crippen molar-refractivity contribution in [1.82, 2.24) is 4.90 Å². The van der Waals surface area contributed by atoms with E-state index in [2.05, 4.69) is 4.90 Å². The molecule has 5 nitrogen and oxygen atoms in total. The number of hydrogen-bond donors (Lipinski definition) is 1. The molecule has 0 aromatic heterocycles. The van der Waals surface area contributed by atoms with E-state index in [1.165, 1.54) is 11.7 Å². The van der Waals surface area contributed by atoms with Crippen LogP contribution in [0.2, 0.25) is 0 Å². The molecular weight excluding hydrogens is 240 g/mol. The Morgan fingerprint density at radius 2 is 1.94 bits per heavy atom. The average Bonchev–Trinajstić information content (AvgIpc) is 2.25. The summed E-state index contributed by atoms with van der Waals surface area (Å²) in [5.74, 6) is -0.263. The SMILES string of the molecule is C[C@H](/C=C\S(C)(=O)=O)N1CCC(C(N)=O)CC1. The Balaban J connectivity index is 2.49. The summed E-state index contributed by atoms with van der Waals surface area (Å²) in [7, 11) is -3.06. The fraction of sp³-hybridized carbons (Fsp3) is 0.727. The first-order valence-corrected chi connectivity index (χ1v) is 7.66. The van der Waals surface area contributed by atoms with E-state index in [1.54, 1.807) is 6.08 Å². The molecular formula is C11H20N2O3S. The molecule has 1 rings (SSSR count). The van der Waals surface area contributed by atoms with Gasteiger partial charge in [-0.25, -0.2) is 8.42 Å². The summed E-state index contributed by atoms with van der Waals surface area (Å²) in [5, 5.41) is 1.23. The molecule has 1 aliphatic heterocycles. The molecule has 0 aromatic carbocycles. The van der Waals surface area contributed by atoms with E-state index in [1.807, 2.05) is 6.92 Å². The quantitative estimate of drug-likeness (QED) is 0.779. The van der Waals surface area contributed by atoms with E-state index in [0.717, 1.165) is 25.9 Å². The molecule has 1 aliphatic rings. The predicted molar refractivity (Wildman–Crippen MR) is 66.9 cm³/mol. The molecule has 0 aromatic rings. The minimum atomic E-state index is -3.06. The molecule has 98 valence electrons. The van der Waals surface area contributed by atoms with Crippen LogP contribution in [0.5, 0.6) is 0 Å². The number of nitrogens with zero attached hydrogens (tertiary/aromatic N) is 1. The van der Waals surface area contributed by atoms with Crippen LogP contribution in [0, 0.1) is 5.92 Å². The van der Waals surface area contributed by atoms with Crippen molar-refractivity contribution in [2.24, 2.45) is 11.7 Å². The van der Waals surface area contributed by atoms with Crippen LogP contribution < -0.4 is 5.73 Å². The standard InChI is InChI=1S/C11H20N2O3S/c1-9(5-8-17(2,15)16)13-6-3-10(4-7-13)11(12)14/h5,8-10H,3-4,6-7H2,1-2H3,(H2,12,14)/b8-5-/t9-/m1/s1. The number of amides is 1. The van der Waals surface area contributed by atoms with Crippen molar-refractivity contribution in [3.8, 4) is 0 Å². The lowest BCUT2D eigenvalue weighted by molar-refractivity contribution is -0.123. The van der Waals surface area contributed by atoms with Gasteiger partial charge in [-0.3, -0.25) is 9.69 Å². The van der Waals surface area contributed by atoms with E-state index in [0.29, 0.717) is 0 Å². The number of carbonyl (C=O) groups excluding carboxylic acids is 1. The highest BCUT2D eigenvalue weighted by Crippen LogP contribution is 2.18. The Morgan fingerprint density at radius 1 is 1.41 bits per heavy atom. The van der Waals surface area contributed by atoms with Gasteiger partial charge in [0.25, 0.3) is 0 Å². The van der Waals surface area contributed by atoms with Crippen molar-refractivity contribution in [2.75, 3.05) is 19.3 Å². The number of sulfone groups is 1. The number of piperidine rings is 1. The largest absolute Gasteiger partial charge is 0.369 e. The smallest absolute Gasteiger partial charge is 0.220 e. The number of likely N-dealkylation sites (tertiary alicyclic amines) is 1. The maximum absolute atomic E-state index is 11.0. The topological polar surface area (TPSA) is 80.5 Å². The van der Waals surface area contributed by atoms with Gasteiger partial charge in [-0.2, -0.15) is 0 Å². The molecule has 0 spiro atoms. The van der Waals surface area contributed by atoms with Crippen molar-refractivity contribution in [3.05, 3.63) is 11.5 Å². The normalized spacial score (nSPS) is 21.8. The van der Waals surface area contributed by atoms with Crippen LogP contribution in [-0.2, 0) is 14.6 Å². The second kappa shape index (κ2) is 5.64. The zero-order valence-electron chi connectivity index (χ0n) is 10.3. The molecule has 0 bridgehead atoms. The molecule has 2 N–H and O–H groups in total. The van der Waals surface area contributed by atoms with Gasteiger partial charge in [0.2, 0.25) is 5.91 Å². The number of carbonyl (C=O) groups is 1. The number of nitrogens with two attached hydrogens (primary N) is 1. The van der Waals surface area contributed by atoms with E-state index in [-0.39, 0.29) is 17.9 Å². The summed E-state index contributed by atoms with van der Waals surface area (Å²) in [5.41, 5.74) is 5.25. The second-order valence-corrected chi connectivity index (χ2v) is 6.54. The van der Waals surface area contributed by atoms with Crippen LogP contribution in [-0.4, -0.2) is 44.6 Å². The first-order chi connectivity index (χ1) is 7.79. The summed E-state index contributed by atoms with van der Waals surface area (Å²) in [4.78, 5) is 13.2. The number of hydrogen-bond acceptors (Lipinski definition) is 4. The van der Waals surface area contributed by atoms with Crippen LogP contribution in [0.4, 0.5) is 0 Å². The van der Waals surface area contributed by atoms with Gasteiger partial charge in [-0.05, 0) is 32.9 Å². The Hall–Kier alpha value is -0.880. The molecule has 0 radical (unpaired) electrons. The lowest BCUT2D eigenvalue weighted by Crippen LogP contribution is -2.42. The van der Waals surface area contributed by atoms with Gasteiger partial charge < -0.3 is 5.73 Å². The third kappa shape index (κ3) is 4.87. The molecule has 1 saturated heterocycles. The molecule has 0 aliphatic carbocycles. The second-order valence-electron chi connectivity index (χ2n) is 4.61. The number of primary amides is 1. The average molecular weight is 260 g/mol. The summed E-state index contributed by atoms with van der Waals surface area (Å²) in [6.07, 6.45) is 4.37. The zero-order valence-corrected chi connectivity index (χ0v) is 11.1. The van der Waals surface area contributed by atoms with Crippen molar-refractivity contribution in [3.63, 3.8) is 0 Å². The summed E-state index contributed by atoms with van der Waals surface area (Å²) in [6, 6.07) is 0.0681. The fourth-order valence-corrected chi connectivity index (χ4v) is 2.48. The highest BCUT2D eigenvalue weighted by molar-refractivity contribution is 7.93. The molecule has 6 heteroatoms. The van der Waals surface area contributed by atoms with Gasteiger partial charge in [0.15, 0.2) is 9.84 Å². The first kappa shape index (κ1) is 14.2. The van der Waals surface area contributed by atoms with Gasteiger partial charge in [0.1, 0.15) is 0 Å². The summed E-state index contributed by atoms with van der Waals surface area (Å²) >= 11 is 0. The van der Waals surface area contributed by atoms with Crippen LogP contribution in [0.3, 0.4) is 0 Å². The highest BCUT2D eigenvalue weighted by Gasteiger charge is 2.24. The predicted octanol–water partition coefficient (Wildman–Crippen LogP) is 0.131. The van der Waals surface area contributed by atoms with Gasteiger partial charge in [0.05, 0.1) is 0 Å². The summed E-state index contributed by atoms with van der Waals surface area (Å²) in [6.45, 7) is 3.51. The highest BCUT2D eigenvalue weighted by atomic mass is 32.2. The van der Waals surface area contributed by atoms with Crippen molar-refractivity contribution in [2.45, 2.75) is 25.8 Å². The zero-order chi connectivity index (χ0) is 13.1. The Labute approximate surface area is 103 Å². The molecule has 1 heterocycles. The number of rotatable bonds is 4. The molecule has 0 saturated carbocycles.